The van der Waals surface area contributed by atoms with Gasteiger partial charge in [-0.05, 0) is 57.4 Å². The molecule has 1 aromatic heterocycles. The summed E-state index contributed by atoms with van der Waals surface area (Å²) in [7, 11) is 0. The molecule has 9 heteroatoms. The molecule has 0 aliphatic carbocycles. The van der Waals surface area contributed by atoms with Crippen molar-refractivity contribution >= 4 is 29.3 Å². The standard InChI is InChI=1S/C23H26FN5O3/c1-14(2)23(13-25)9-11-29(20(23)31)18-8-10-26-21(28-18)27-15-6-7-16(17(24)12-15)19(30)32-22(3,4)5/h6-8,10,12,14H,9,11H2,1-5H3,(H,26,27,28)/t23-/m1/s1. The van der Waals surface area contributed by atoms with Crippen LogP contribution < -0.4 is 10.2 Å². The fourth-order valence-electron chi connectivity index (χ4n) is 3.50. The topological polar surface area (TPSA) is 108 Å². The molecule has 0 bridgehead atoms. The minimum Gasteiger partial charge on any atom is -0.456 e. The molecule has 0 saturated carbocycles. The van der Waals surface area contributed by atoms with Gasteiger partial charge in [-0.25, -0.2) is 14.2 Å². The molecule has 2 heterocycles. The van der Waals surface area contributed by atoms with Crippen molar-refractivity contribution in [1.82, 2.24) is 9.97 Å². The molecule has 1 aromatic carbocycles. The summed E-state index contributed by atoms with van der Waals surface area (Å²) >= 11 is 0. The zero-order chi connectivity index (χ0) is 23.7. The van der Waals surface area contributed by atoms with Crippen molar-refractivity contribution < 1.29 is 18.7 Å². The molecule has 32 heavy (non-hydrogen) atoms. The largest absolute Gasteiger partial charge is 0.456 e. The monoisotopic (exact) mass is 439 g/mol. The van der Waals surface area contributed by atoms with Gasteiger partial charge in [0.2, 0.25) is 11.9 Å². The number of nitrogens with one attached hydrogen (secondary N) is 1. The Morgan fingerprint density at radius 3 is 2.62 bits per heavy atom. The summed E-state index contributed by atoms with van der Waals surface area (Å²) in [6.07, 6.45) is 1.90. The molecule has 1 aliphatic heterocycles. The molecule has 1 amide bonds. The van der Waals surface area contributed by atoms with E-state index in [1.807, 2.05) is 13.8 Å². The number of ether oxygens (including phenoxy) is 1. The number of amides is 1. The molecule has 3 rings (SSSR count). The van der Waals surface area contributed by atoms with Gasteiger partial charge >= 0.3 is 5.97 Å². The Bertz CT molecular complexity index is 1090. The predicted octanol–water partition coefficient (Wildman–Crippen LogP) is 4.22. The fourth-order valence-corrected chi connectivity index (χ4v) is 3.50. The lowest BCUT2D eigenvalue weighted by molar-refractivity contribution is -0.124. The lowest BCUT2D eigenvalue weighted by Crippen LogP contribution is -2.37. The molecular formula is C23H26FN5O3. The number of anilines is 3. The molecule has 1 atom stereocenters. The highest BCUT2D eigenvalue weighted by molar-refractivity contribution is 6.01. The number of carbonyl (C=O) groups is 2. The van der Waals surface area contributed by atoms with E-state index in [-0.39, 0.29) is 23.3 Å². The van der Waals surface area contributed by atoms with Gasteiger partial charge in [0.15, 0.2) is 0 Å². The lowest BCUT2D eigenvalue weighted by Gasteiger charge is -2.24. The van der Waals surface area contributed by atoms with Crippen LogP contribution in [0.15, 0.2) is 30.5 Å². The van der Waals surface area contributed by atoms with Crippen LogP contribution >= 0.6 is 0 Å². The van der Waals surface area contributed by atoms with E-state index in [1.54, 1.807) is 26.8 Å². The first-order chi connectivity index (χ1) is 15.0. The highest BCUT2D eigenvalue weighted by Crippen LogP contribution is 2.40. The molecule has 0 radical (unpaired) electrons. The second kappa shape index (κ2) is 8.54. The van der Waals surface area contributed by atoms with Crippen LogP contribution in [-0.2, 0) is 9.53 Å². The van der Waals surface area contributed by atoms with Gasteiger partial charge in [0.1, 0.15) is 22.7 Å². The van der Waals surface area contributed by atoms with E-state index in [9.17, 15) is 19.2 Å². The Balaban J connectivity index is 1.79. The van der Waals surface area contributed by atoms with Crippen molar-refractivity contribution in [3.8, 4) is 6.07 Å². The highest BCUT2D eigenvalue weighted by Gasteiger charge is 2.50. The lowest BCUT2D eigenvalue weighted by atomic mass is 9.77. The van der Waals surface area contributed by atoms with Gasteiger partial charge in [0.05, 0.1) is 11.6 Å². The van der Waals surface area contributed by atoms with E-state index in [1.165, 1.54) is 23.2 Å². The smallest absolute Gasteiger partial charge is 0.341 e. The predicted molar refractivity (Wildman–Crippen MR) is 117 cm³/mol. The van der Waals surface area contributed by atoms with E-state index < -0.39 is 22.8 Å². The first-order valence-corrected chi connectivity index (χ1v) is 10.3. The van der Waals surface area contributed by atoms with Gasteiger partial charge < -0.3 is 10.1 Å². The number of esters is 1. The van der Waals surface area contributed by atoms with Crippen molar-refractivity contribution in [1.29, 1.82) is 5.26 Å². The van der Waals surface area contributed by atoms with E-state index in [0.29, 0.717) is 24.5 Å². The summed E-state index contributed by atoms with van der Waals surface area (Å²) in [5.41, 5.74) is -1.66. The molecule has 1 N–H and O–H groups in total. The van der Waals surface area contributed by atoms with Crippen LogP contribution in [0.1, 0.15) is 51.4 Å². The van der Waals surface area contributed by atoms with Crippen molar-refractivity contribution in [3.05, 3.63) is 41.8 Å². The number of rotatable bonds is 5. The van der Waals surface area contributed by atoms with Crippen LogP contribution in [0, 0.1) is 28.5 Å². The van der Waals surface area contributed by atoms with E-state index in [0.717, 1.165) is 6.07 Å². The first-order valence-electron chi connectivity index (χ1n) is 10.3. The maximum Gasteiger partial charge on any atom is 0.341 e. The quantitative estimate of drug-likeness (QED) is 0.695. The number of halogens is 1. The molecule has 1 saturated heterocycles. The third kappa shape index (κ3) is 4.54. The van der Waals surface area contributed by atoms with Crippen molar-refractivity contribution in [2.45, 2.75) is 46.6 Å². The maximum atomic E-state index is 14.5. The van der Waals surface area contributed by atoms with Crippen molar-refractivity contribution in [2.24, 2.45) is 11.3 Å². The summed E-state index contributed by atoms with van der Waals surface area (Å²) in [5, 5.41) is 12.5. The second-order valence-electron chi connectivity index (χ2n) is 9.00. The maximum absolute atomic E-state index is 14.5. The average molecular weight is 439 g/mol. The number of nitriles is 1. The average Bonchev–Trinajstić information content (AvgIpc) is 3.04. The zero-order valence-electron chi connectivity index (χ0n) is 18.8. The number of aromatic nitrogens is 2. The Hall–Kier alpha value is -3.54. The third-order valence-corrected chi connectivity index (χ3v) is 5.30. The number of hydrogen-bond acceptors (Lipinski definition) is 7. The number of benzene rings is 1. The van der Waals surface area contributed by atoms with Crippen LogP contribution in [-0.4, -0.2) is 34.0 Å². The van der Waals surface area contributed by atoms with Crippen LogP contribution in [0.2, 0.25) is 0 Å². The Morgan fingerprint density at radius 1 is 1.34 bits per heavy atom. The number of hydrogen-bond donors (Lipinski definition) is 1. The summed E-state index contributed by atoms with van der Waals surface area (Å²) in [4.78, 5) is 35.0. The second-order valence-corrected chi connectivity index (χ2v) is 9.00. The normalized spacial score (nSPS) is 18.6. The number of nitrogens with zero attached hydrogens (tertiary/aromatic N) is 4. The zero-order valence-corrected chi connectivity index (χ0v) is 18.8. The molecule has 2 aromatic rings. The first kappa shape index (κ1) is 23.1. The SMILES string of the molecule is CC(C)[C@]1(C#N)CCN(c2ccnc(Nc3ccc(C(=O)OC(C)(C)C)c(F)c3)n2)C1=O. The van der Waals surface area contributed by atoms with Gasteiger partial charge in [0, 0.05) is 18.4 Å². The molecule has 0 unspecified atom stereocenters. The van der Waals surface area contributed by atoms with Crippen molar-refractivity contribution in [2.75, 3.05) is 16.8 Å². The van der Waals surface area contributed by atoms with E-state index >= 15 is 0 Å². The molecular weight excluding hydrogens is 413 g/mol. The minimum atomic E-state index is -1.07. The van der Waals surface area contributed by atoms with Crippen molar-refractivity contribution in [3.63, 3.8) is 0 Å². The third-order valence-electron chi connectivity index (χ3n) is 5.30. The molecule has 0 spiro atoms. The summed E-state index contributed by atoms with van der Waals surface area (Å²) < 4.78 is 19.7. The summed E-state index contributed by atoms with van der Waals surface area (Å²) in [6.45, 7) is 9.20. The fraction of sp³-hybridized carbons (Fsp3) is 0.435. The highest BCUT2D eigenvalue weighted by atomic mass is 19.1. The van der Waals surface area contributed by atoms with Crippen LogP contribution in [0.3, 0.4) is 0 Å². The van der Waals surface area contributed by atoms with Gasteiger partial charge in [-0.2, -0.15) is 10.2 Å². The summed E-state index contributed by atoms with van der Waals surface area (Å²) in [6, 6.07) is 7.76. The minimum absolute atomic E-state index is 0.129. The van der Waals surface area contributed by atoms with Crippen LogP contribution in [0.5, 0.6) is 0 Å². The molecule has 8 nitrogen and oxygen atoms in total. The Morgan fingerprint density at radius 2 is 2.06 bits per heavy atom. The Kier molecular flexibility index (Phi) is 6.17. The summed E-state index contributed by atoms with van der Waals surface area (Å²) in [5.74, 6) is -1.40. The van der Waals surface area contributed by atoms with Gasteiger partial charge in [-0.3, -0.25) is 9.69 Å². The molecule has 1 fully saturated rings. The molecule has 1 aliphatic rings. The van der Waals surface area contributed by atoms with Crippen LogP contribution in [0.4, 0.5) is 21.8 Å². The molecule has 168 valence electrons. The van der Waals surface area contributed by atoms with E-state index in [4.69, 9.17) is 4.74 Å². The number of carbonyl (C=O) groups excluding carboxylic acids is 2. The van der Waals surface area contributed by atoms with Gasteiger partial charge in [0.25, 0.3) is 0 Å². The van der Waals surface area contributed by atoms with Gasteiger partial charge in [-0.15, -0.1) is 0 Å². The van der Waals surface area contributed by atoms with Gasteiger partial charge in [-0.1, -0.05) is 13.8 Å². The van der Waals surface area contributed by atoms with Crippen LogP contribution in [0.25, 0.3) is 0 Å². The Labute approximate surface area is 186 Å². The van der Waals surface area contributed by atoms with E-state index in [2.05, 4.69) is 21.4 Å².